The Labute approximate surface area is 106 Å². The van der Waals surface area contributed by atoms with Crippen molar-refractivity contribution in [2.24, 2.45) is 5.73 Å². The van der Waals surface area contributed by atoms with Gasteiger partial charge in [-0.15, -0.1) is 0 Å². The summed E-state index contributed by atoms with van der Waals surface area (Å²) in [6, 6.07) is 3.15. The molecule has 5 heteroatoms. The van der Waals surface area contributed by atoms with Crippen molar-refractivity contribution in [1.82, 2.24) is 5.32 Å². The lowest BCUT2D eigenvalue weighted by Crippen LogP contribution is -2.24. The van der Waals surface area contributed by atoms with E-state index < -0.39 is 6.04 Å². The van der Waals surface area contributed by atoms with Crippen molar-refractivity contribution in [3.05, 3.63) is 28.3 Å². The summed E-state index contributed by atoms with van der Waals surface area (Å²) in [4.78, 5) is 11.3. The van der Waals surface area contributed by atoms with Crippen LogP contribution in [0.2, 0.25) is 5.02 Å². The quantitative estimate of drug-likeness (QED) is 0.863. The number of halogens is 1. The number of benzene rings is 1. The van der Waals surface area contributed by atoms with E-state index in [0.29, 0.717) is 10.8 Å². The van der Waals surface area contributed by atoms with E-state index in [-0.39, 0.29) is 12.3 Å². The molecule has 94 valence electrons. The maximum Gasteiger partial charge on any atom is 0.221 e. The van der Waals surface area contributed by atoms with E-state index in [1.807, 2.05) is 13.0 Å². The predicted molar refractivity (Wildman–Crippen MR) is 68.4 cm³/mol. The molecule has 0 spiro atoms. The van der Waals surface area contributed by atoms with Gasteiger partial charge in [0, 0.05) is 30.1 Å². The molecule has 1 aromatic rings. The number of hydrogen-bond acceptors (Lipinski definition) is 3. The maximum absolute atomic E-state index is 11.3. The lowest BCUT2D eigenvalue weighted by atomic mass is 10.0. The topological polar surface area (TPSA) is 64.4 Å². The van der Waals surface area contributed by atoms with Crippen molar-refractivity contribution in [2.45, 2.75) is 19.4 Å². The van der Waals surface area contributed by atoms with Crippen LogP contribution in [-0.2, 0) is 4.79 Å². The van der Waals surface area contributed by atoms with Gasteiger partial charge in [0.25, 0.3) is 0 Å². The van der Waals surface area contributed by atoms with E-state index in [1.165, 1.54) is 0 Å². The Hall–Kier alpha value is -1.26. The van der Waals surface area contributed by atoms with Crippen LogP contribution < -0.4 is 15.8 Å². The van der Waals surface area contributed by atoms with Gasteiger partial charge in [-0.1, -0.05) is 11.6 Å². The summed E-state index contributed by atoms with van der Waals surface area (Å²) in [7, 11) is 3.15. The fourth-order valence-electron chi connectivity index (χ4n) is 1.55. The van der Waals surface area contributed by atoms with Crippen LogP contribution in [0.4, 0.5) is 0 Å². The van der Waals surface area contributed by atoms with Crippen LogP contribution in [0.1, 0.15) is 23.6 Å². The largest absolute Gasteiger partial charge is 0.496 e. The second-order valence-corrected chi connectivity index (χ2v) is 4.23. The standard InChI is InChI=1S/C12H17ClN2O2/c1-7-4-11(17-3)8(5-9(7)13)10(14)6-12(16)15-2/h4-5,10H,6,14H2,1-3H3,(H,15,16). The molecule has 1 amide bonds. The molecule has 0 saturated carbocycles. The van der Waals surface area contributed by atoms with Gasteiger partial charge in [0.05, 0.1) is 7.11 Å². The fraction of sp³-hybridized carbons (Fsp3) is 0.417. The molecule has 3 N–H and O–H groups in total. The monoisotopic (exact) mass is 256 g/mol. The average molecular weight is 257 g/mol. The van der Waals surface area contributed by atoms with Crippen LogP contribution in [0, 0.1) is 6.92 Å². The molecule has 1 unspecified atom stereocenters. The smallest absolute Gasteiger partial charge is 0.221 e. The van der Waals surface area contributed by atoms with Gasteiger partial charge in [0.15, 0.2) is 0 Å². The molecule has 0 aliphatic rings. The molecule has 0 bridgehead atoms. The molecule has 0 aliphatic carbocycles. The van der Waals surface area contributed by atoms with E-state index in [2.05, 4.69) is 5.32 Å². The number of hydrogen-bond donors (Lipinski definition) is 2. The Kier molecular flexibility index (Phi) is 4.78. The summed E-state index contributed by atoms with van der Waals surface area (Å²) in [5.74, 6) is 0.541. The Morgan fingerprint density at radius 1 is 1.59 bits per heavy atom. The molecular formula is C12H17ClN2O2. The average Bonchev–Trinajstić information content (AvgIpc) is 2.31. The van der Waals surface area contributed by atoms with Crippen LogP contribution in [0.3, 0.4) is 0 Å². The van der Waals surface area contributed by atoms with Crippen LogP contribution in [-0.4, -0.2) is 20.1 Å². The lowest BCUT2D eigenvalue weighted by molar-refractivity contribution is -0.120. The summed E-state index contributed by atoms with van der Waals surface area (Å²) in [5.41, 5.74) is 7.63. The minimum absolute atomic E-state index is 0.115. The van der Waals surface area contributed by atoms with E-state index in [0.717, 1.165) is 11.1 Å². The Bertz CT molecular complexity index is 421. The van der Waals surface area contributed by atoms with Crippen molar-refractivity contribution in [3.8, 4) is 5.75 Å². The van der Waals surface area contributed by atoms with E-state index in [9.17, 15) is 4.79 Å². The Morgan fingerprint density at radius 2 is 2.24 bits per heavy atom. The first kappa shape index (κ1) is 13.8. The highest BCUT2D eigenvalue weighted by Crippen LogP contribution is 2.31. The molecule has 0 heterocycles. The molecule has 17 heavy (non-hydrogen) atoms. The molecule has 0 fully saturated rings. The van der Waals surface area contributed by atoms with E-state index in [1.54, 1.807) is 20.2 Å². The molecule has 1 aromatic carbocycles. The zero-order valence-electron chi connectivity index (χ0n) is 10.2. The Morgan fingerprint density at radius 3 is 2.76 bits per heavy atom. The second-order valence-electron chi connectivity index (χ2n) is 3.83. The van der Waals surface area contributed by atoms with E-state index >= 15 is 0 Å². The fourth-order valence-corrected chi connectivity index (χ4v) is 1.72. The third-order valence-corrected chi connectivity index (χ3v) is 3.00. The summed E-state index contributed by atoms with van der Waals surface area (Å²) in [6.07, 6.45) is 0.201. The van der Waals surface area contributed by atoms with Gasteiger partial charge in [-0.05, 0) is 24.6 Å². The maximum atomic E-state index is 11.3. The Balaban J connectivity index is 3.03. The van der Waals surface area contributed by atoms with Crippen LogP contribution in [0.25, 0.3) is 0 Å². The minimum Gasteiger partial charge on any atom is -0.496 e. The van der Waals surface area contributed by atoms with Crippen LogP contribution in [0.15, 0.2) is 12.1 Å². The summed E-state index contributed by atoms with van der Waals surface area (Å²) in [6.45, 7) is 1.89. The second kappa shape index (κ2) is 5.89. The molecular weight excluding hydrogens is 240 g/mol. The van der Waals surface area contributed by atoms with Crippen LogP contribution >= 0.6 is 11.6 Å². The van der Waals surface area contributed by atoms with Crippen molar-refractivity contribution in [2.75, 3.05) is 14.2 Å². The number of carbonyl (C=O) groups is 1. The summed E-state index contributed by atoms with van der Waals surface area (Å²) < 4.78 is 5.25. The number of aryl methyl sites for hydroxylation is 1. The first-order chi connectivity index (χ1) is 7.99. The highest BCUT2D eigenvalue weighted by atomic mass is 35.5. The van der Waals surface area contributed by atoms with Gasteiger partial charge >= 0.3 is 0 Å². The number of methoxy groups -OCH3 is 1. The van der Waals surface area contributed by atoms with Gasteiger partial charge in [0.1, 0.15) is 5.75 Å². The minimum atomic E-state index is -0.428. The predicted octanol–water partition coefficient (Wildman–Crippen LogP) is 1.79. The number of ether oxygens (including phenoxy) is 1. The zero-order chi connectivity index (χ0) is 13.0. The molecule has 0 aromatic heterocycles. The number of rotatable bonds is 4. The molecule has 0 radical (unpaired) electrons. The normalized spacial score (nSPS) is 12.1. The first-order valence-corrected chi connectivity index (χ1v) is 5.67. The highest BCUT2D eigenvalue weighted by molar-refractivity contribution is 6.31. The highest BCUT2D eigenvalue weighted by Gasteiger charge is 2.16. The first-order valence-electron chi connectivity index (χ1n) is 5.29. The molecule has 1 atom stereocenters. The third kappa shape index (κ3) is 3.35. The third-order valence-electron chi connectivity index (χ3n) is 2.59. The molecule has 1 rings (SSSR count). The SMILES string of the molecule is CNC(=O)CC(N)c1cc(Cl)c(C)cc1OC. The molecule has 0 saturated heterocycles. The van der Waals surface area contributed by atoms with Gasteiger partial charge in [-0.2, -0.15) is 0 Å². The summed E-state index contributed by atoms with van der Waals surface area (Å²) in [5, 5.41) is 3.16. The number of nitrogens with one attached hydrogen (secondary N) is 1. The van der Waals surface area contributed by atoms with Crippen molar-refractivity contribution in [3.63, 3.8) is 0 Å². The van der Waals surface area contributed by atoms with Crippen LogP contribution in [0.5, 0.6) is 5.75 Å². The lowest BCUT2D eigenvalue weighted by Gasteiger charge is -2.16. The van der Waals surface area contributed by atoms with Gasteiger partial charge in [-0.3, -0.25) is 4.79 Å². The molecule has 0 aliphatic heterocycles. The van der Waals surface area contributed by atoms with Crippen molar-refractivity contribution < 1.29 is 9.53 Å². The van der Waals surface area contributed by atoms with Gasteiger partial charge < -0.3 is 15.8 Å². The number of amides is 1. The molecule has 4 nitrogen and oxygen atoms in total. The number of nitrogens with two attached hydrogens (primary N) is 1. The van der Waals surface area contributed by atoms with Crippen molar-refractivity contribution >= 4 is 17.5 Å². The zero-order valence-corrected chi connectivity index (χ0v) is 11.0. The van der Waals surface area contributed by atoms with E-state index in [4.69, 9.17) is 22.1 Å². The van der Waals surface area contributed by atoms with Gasteiger partial charge in [-0.25, -0.2) is 0 Å². The van der Waals surface area contributed by atoms with Crippen molar-refractivity contribution in [1.29, 1.82) is 0 Å². The van der Waals surface area contributed by atoms with Gasteiger partial charge in [0.2, 0.25) is 5.91 Å². The summed E-state index contributed by atoms with van der Waals surface area (Å²) >= 11 is 6.05. The number of carbonyl (C=O) groups excluding carboxylic acids is 1.